The summed E-state index contributed by atoms with van der Waals surface area (Å²) >= 11 is 12.9. The van der Waals surface area contributed by atoms with Crippen molar-refractivity contribution in [2.75, 3.05) is 25.7 Å². The van der Waals surface area contributed by atoms with Crippen LogP contribution in [0.2, 0.25) is 0 Å². The molecule has 0 bridgehead atoms. The molecule has 0 saturated carbocycles. The minimum absolute atomic E-state index is 0.373. The van der Waals surface area contributed by atoms with Gasteiger partial charge in [-0.05, 0) is 36.8 Å². The lowest BCUT2D eigenvalue weighted by Gasteiger charge is -2.17. The average molecular weight is 465 g/mol. The highest BCUT2D eigenvalue weighted by Gasteiger charge is 2.18. The van der Waals surface area contributed by atoms with E-state index >= 15 is 0 Å². The fourth-order valence-electron chi connectivity index (χ4n) is 2.80. The summed E-state index contributed by atoms with van der Waals surface area (Å²) < 4.78 is 11.2. The van der Waals surface area contributed by atoms with Crippen molar-refractivity contribution in [2.45, 2.75) is 18.2 Å². The molecule has 0 atom stereocenters. The molecule has 8 heteroatoms. The summed E-state index contributed by atoms with van der Waals surface area (Å²) in [7, 11) is 3.27. The van der Waals surface area contributed by atoms with E-state index < -0.39 is 4.84 Å². The minimum Gasteiger partial charge on any atom is -0.493 e. The molecule has 158 valence electrons. The van der Waals surface area contributed by atoms with Gasteiger partial charge < -0.3 is 14.4 Å². The molecule has 1 amide bonds. The topological polar surface area (TPSA) is 51.7 Å². The van der Waals surface area contributed by atoms with Gasteiger partial charge in [-0.3, -0.25) is 4.79 Å². The van der Waals surface area contributed by atoms with Gasteiger partial charge in [0.05, 0.1) is 19.4 Å². The Morgan fingerprint density at radius 2 is 1.83 bits per heavy atom. The number of hydrogen-bond acceptors (Lipinski definition) is 5. The van der Waals surface area contributed by atoms with E-state index in [4.69, 9.17) is 37.7 Å². The molecule has 0 spiro atoms. The molecule has 0 aliphatic carbocycles. The molecule has 3 rings (SSSR count). The van der Waals surface area contributed by atoms with Crippen LogP contribution < -0.4 is 14.4 Å². The van der Waals surface area contributed by atoms with E-state index in [1.54, 1.807) is 25.5 Å². The zero-order valence-corrected chi connectivity index (χ0v) is 19.2. The first-order chi connectivity index (χ1) is 14.4. The molecule has 5 nitrogen and oxygen atoms in total. The fourth-order valence-corrected chi connectivity index (χ4v) is 3.92. The van der Waals surface area contributed by atoms with Crippen LogP contribution in [-0.4, -0.2) is 36.5 Å². The molecule has 0 N–H and O–H groups in total. The van der Waals surface area contributed by atoms with Crippen molar-refractivity contribution in [3.63, 3.8) is 0 Å². The number of ether oxygens (including phenoxy) is 2. The molecule has 1 heterocycles. The molecule has 0 aliphatic rings. The van der Waals surface area contributed by atoms with E-state index in [1.807, 2.05) is 47.8 Å². The van der Waals surface area contributed by atoms with E-state index in [2.05, 4.69) is 6.92 Å². The number of aromatic nitrogens is 1. The summed E-state index contributed by atoms with van der Waals surface area (Å²) in [4.78, 5) is 17.0. The zero-order valence-electron chi connectivity index (χ0n) is 16.9. The molecule has 2 aromatic carbocycles. The van der Waals surface area contributed by atoms with Crippen molar-refractivity contribution in [1.82, 2.24) is 4.98 Å². The normalized spacial score (nSPS) is 10.9. The number of anilines is 1. The number of carbonyl (C=O) groups excluding carboxylic acids is 1. The lowest BCUT2D eigenvalue weighted by atomic mass is 10.1. The third-order valence-electron chi connectivity index (χ3n) is 4.44. The number of alkyl halides is 2. The van der Waals surface area contributed by atoms with Gasteiger partial charge in [0.2, 0.25) is 0 Å². The van der Waals surface area contributed by atoms with Crippen LogP contribution in [0.1, 0.15) is 13.3 Å². The van der Waals surface area contributed by atoms with Gasteiger partial charge in [-0.1, -0.05) is 42.3 Å². The molecule has 0 saturated heterocycles. The number of methoxy groups -OCH3 is 1. The number of halogens is 2. The smallest absolute Gasteiger partial charge is 0.260 e. The van der Waals surface area contributed by atoms with Crippen LogP contribution in [0.25, 0.3) is 21.8 Å². The molecule has 30 heavy (non-hydrogen) atoms. The van der Waals surface area contributed by atoms with Gasteiger partial charge in [-0.25, -0.2) is 4.98 Å². The van der Waals surface area contributed by atoms with Crippen LogP contribution in [-0.2, 0) is 4.79 Å². The van der Waals surface area contributed by atoms with E-state index in [9.17, 15) is 4.79 Å². The Kier molecular flexibility index (Phi) is 7.58. The van der Waals surface area contributed by atoms with Crippen LogP contribution in [0.5, 0.6) is 11.5 Å². The Labute approximate surface area is 190 Å². The molecule has 0 aliphatic heterocycles. The van der Waals surface area contributed by atoms with Crippen molar-refractivity contribution < 1.29 is 14.3 Å². The number of amides is 1. The summed E-state index contributed by atoms with van der Waals surface area (Å²) in [5.74, 6) is 1.04. The molecular formula is C22H22Cl2N2O3S. The second-order valence-corrected chi connectivity index (χ2v) is 8.45. The van der Waals surface area contributed by atoms with Gasteiger partial charge in [-0.2, -0.15) is 0 Å². The summed E-state index contributed by atoms with van der Waals surface area (Å²) in [6, 6.07) is 13.3. The maximum atomic E-state index is 11.9. The van der Waals surface area contributed by atoms with Gasteiger partial charge >= 0.3 is 0 Å². The predicted octanol–water partition coefficient (Wildman–Crippen LogP) is 6.04. The minimum atomic E-state index is -1.09. The predicted molar refractivity (Wildman–Crippen MR) is 124 cm³/mol. The first-order valence-electron chi connectivity index (χ1n) is 9.37. The van der Waals surface area contributed by atoms with Crippen LogP contribution >= 0.6 is 34.5 Å². The highest BCUT2D eigenvalue weighted by atomic mass is 35.5. The summed E-state index contributed by atoms with van der Waals surface area (Å²) in [6.07, 6.45) is 0.932. The van der Waals surface area contributed by atoms with Crippen molar-refractivity contribution in [1.29, 1.82) is 0 Å². The van der Waals surface area contributed by atoms with Gasteiger partial charge in [0.15, 0.2) is 16.3 Å². The van der Waals surface area contributed by atoms with E-state index in [1.165, 1.54) is 4.90 Å². The number of carbonyl (C=O) groups is 1. The fraction of sp³-hybridized carbons (Fsp3) is 0.273. The number of nitrogens with zero attached hydrogens (tertiary/aromatic N) is 2. The second kappa shape index (κ2) is 10.2. The third-order valence-corrected chi connectivity index (χ3v) is 5.71. The monoisotopic (exact) mass is 464 g/mol. The Morgan fingerprint density at radius 3 is 2.47 bits per heavy atom. The van der Waals surface area contributed by atoms with Crippen LogP contribution in [0.3, 0.4) is 0 Å². The Morgan fingerprint density at radius 1 is 1.13 bits per heavy atom. The van der Waals surface area contributed by atoms with Crippen molar-refractivity contribution in [2.24, 2.45) is 0 Å². The van der Waals surface area contributed by atoms with Crippen LogP contribution in [0, 0.1) is 0 Å². The average Bonchev–Trinajstić information content (AvgIpc) is 3.26. The lowest BCUT2D eigenvalue weighted by Crippen LogP contribution is -2.30. The number of hydrogen-bond donors (Lipinski definition) is 0. The first-order valence-corrected chi connectivity index (χ1v) is 11.1. The Hall–Kier alpha value is -2.28. The largest absolute Gasteiger partial charge is 0.493 e. The molecule has 0 unspecified atom stereocenters. The third kappa shape index (κ3) is 5.06. The number of benzene rings is 2. The maximum Gasteiger partial charge on any atom is 0.260 e. The summed E-state index contributed by atoms with van der Waals surface area (Å²) in [5, 5.41) is 2.88. The number of thiazole rings is 1. The van der Waals surface area contributed by atoms with Crippen LogP contribution in [0.4, 0.5) is 5.69 Å². The zero-order chi connectivity index (χ0) is 21.7. The summed E-state index contributed by atoms with van der Waals surface area (Å²) in [5.41, 5.74) is 3.47. The maximum absolute atomic E-state index is 11.9. The number of rotatable bonds is 8. The standard InChI is InChI=1S/C22H22Cl2N2O3S/c1-4-11-29-18-10-7-15(12-19(18)28-3)21-25-17(13-30-21)14-5-8-16(9-6-14)26(2)22(27)20(23)24/h5-10,12-13,20H,4,11H2,1-3H3. The Balaban J connectivity index is 1.80. The second-order valence-electron chi connectivity index (χ2n) is 6.50. The van der Waals surface area contributed by atoms with Crippen LogP contribution in [0.15, 0.2) is 47.8 Å². The molecule has 3 aromatic rings. The van der Waals surface area contributed by atoms with E-state index in [0.717, 1.165) is 34.0 Å². The van der Waals surface area contributed by atoms with Gasteiger partial charge in [0.25, 0.3) is 5.91 Å². The summed E-state index contributed by atoms with van der Waals surface area (Å²) in [6.45, 7) is 2.71. The Bertz CT molecular complexity index is 1010. The van der Waals surface area contributed by atoms with Crippen molar-refractivity contribution in [3.8, 4) is 33.3 Å². The molecule has 0 fully saturated rings. The van der Waals surface area contributed by atoms with Gasteiger partial charge in [0, 0.05) is 29.2 Å². The molecular weight excluding hydrogens is 443 g/mol. The molecule has 1 aromatic heterocycles. The highest BCUT2D eigenvalue weighted by Crippen LogP contribution is 2.35. The molecule has 0 radical (unpaired) electrons. The van der Waals surface area contributed by atoms with Crippen molar-refractivity contribution in [3.05, 3.63) is 47.8 Å². The van der Waals surface area contributed by atoms with Gasteiger partial charge in [0.1, 0.15) is 5.01 Å². The SMILES string of the molecule is CCCOc1ccc(-c2nc(-c3ccc(N(C)C(=O)C(Cl)Cl)cc3)cs2)cc1OC. The lowest BCUT2D eigenvalue weighted by molar-refractivity contribution is -0.116. The van der Waals surface area contributed by atoms with Gasteiger partial charge in [-0.15, -0.1) is 11.3 Å². The van der Waals surface area contributed by atoms with E-state index in [-0.39, 0.29) is 5.91 Å². The van der Waals surface area contributed by atoms with Crippen molar-refractivity contribution >= 4 is 46.1 Å². The quantitative estimate of drug-likeness (QED) is 0.381. The highest BCUT2D eigenvalue weighted by molar-refractivity contribution is 7.13. The first kappa shape index (κ1) is 22.4. The van der Waals surface area contributed by atoms with E-state index in [0.29, 0.717) is 18.0 Å².